The summed E-state index contributed by atoms with van der Waals surface area (Å²) in [7, 11) is 3.55. The minimum atomic E-state index is 0. The van der Waals surface area contributed by atoms with E-state index in [-0.39, 0.29) is 24.0 Å². The lowest BCUT2D eigenvalue weighted by molar-refractivity contribution is 0.164. The van der Waals surface area contributed by atoms with Gasteiger partial charge in [-0.2, -0.15) is 0 Å². The van der Waals surface area contributed by atoms with Crippen molar-refractivity contribution >= 4 is 29.9 Å². The second-order valence-electron chi connectivity index (χ2n) is 6.79. The first-order valence-corrected chi connectivity index (χ1v) is 9.53. The first-order chi connectivity index (χ1) is 12.2. The summed E-state index contributed by atoms with van der Waals surface area (Å²) in [6.45, 7) is 7.53. The third-order valence-corrected chi connectivity index (χ3v) is 5.01. The van der Waals surface area contributed by atoms with Crippen LogP contribution in [0.25, 0.3) is 0 Å². The van der Waals surface area contributed by atoms with Gasteiger partial charge in [-0.1, -0.05) is 25.5 Å². The third kappa shape index (κ3) is 6.95. The van der Waals surface area contributed by atoms with Crippen molar-refractivity contribution < 1.29 is 4.74 Å². The number of rotatable bonds is 7. The average Bonchev–Trinajstić information content (AvgIpc) is 2.68. The number of nitrogens with zero attached hydrogens (tertiary/aromatic N) is 2. The van der Waals surface area contributed by atoms with Crippen LogP contribution in [0.5, 0.6) is 5.75 Å². The van der Waals surface area contributed by atoms with Gasteiger partial charge in [-0.3, -0.25) is 9.89 Å². The highest BCUT2D eigenvalue weighted by molar-refractivity contribution is 14.0. The highest BCUT2D eigenvalue weighted by Gasteiger charge is 2.22. The van der Waals surface area contributed by atoms with Crippen molar-refractivity contribution in [2.45, 2.75) is 51.6 Å². The lowest BCUT2D eigenvalue weighted by Crippen LogP contribution is -2.46. The quantitative estimate of drug-likeness (QED) is 0.359. The molecule has 6 heteroatoms. The fraction of sp³-hybridized carbons (Fsp3) is 0.650. The number of ether oxygens (including phenoxy) is 1. The van der Waals surface area contributed by atoms with Gasteiger partial charge >= 0.3 is 0 Å². The Hall–Kier alpha value is -1.02. The zero-order valence-corrected chi connectivity index (χ0v) is 19.0. The van der Waals surface area contributed by atoms with E-state index in [1.165, 1.54) is 24.8 Å². The monoisotopic (exact) mass is 474 g/mol. The number of guanidine groups is 1. The summed E-state index contributed by atoms with van der Waals surface area (Å²) in [5, 5.41) is 6.97. The molecule has 1 fully saturated rings. The molecular formula is C20H35IN4O. The van der Waals surface area contributed by atoms with Gasteiger partial charge in [0, 0.05) is 19.6 Å². The van der Waals surface area contributed by atoms with Crippen LogP contribution in [0, 0.1) is 0 Å². The van der Waals surface area contributed by atoms with Crippen LogP contribution in [0.2, 0.25) is 0 Å². The maximum atomic E-state index is 5.31. The van der Waals surface area contributed by atoms with E-state index in [2.05, 4.69) is 58.6 Å². The number of piperidine rings is 1. The molecule has 1 saturated heterocycles. The summed E-state index contributed by atoms with van der Waals surface area (Å²) >= 11 is 0. The van der Waals surface area contributed by atoms with E-state index >= 15 is 0 Å². The summed E-state index contributed by atoms with van der Waals surface area (Å²) < 4.78 is 5.31. The van der Waals surface area contributed by atoms with Gasteiger partial charge in [0.1, 0.15) is 5.75 Å². The van der Waals surface area contributed by atoms with Crippen molar-refractivity contribution in [1.82, 2.24) is 15.5 Å². The average molecular weight is 474 g/mol. The van der Waals surface area contributed by atoms with Crippen molar-refractivity contribution in [2.75, 3.05) is 33.8 Å². The van der Waals surface area contributed by atoms with Gasteiger partial charge in [0.15, 0.2) is 5.96 Å². The number of methoxy groups -OCH3 is 1. The first kappa shape index (κ1) is 23.0. The summed E-state index contributed by atoms with van der Waals surface area (Å²) in [4.78, 5) is 6.96. The number of halogens is 1. The van der Waals surface area contributed by atoms with E-state index in [9.17, 15) is 0 Å². The fourth-order valence-electron chi connectivity index (χ4n) is 3.24. The van der Waals surface area contributed by atoms with Crippen LogP contribution in [0.4, 0.5) is 0 Å². The number of nitrogens with one attached hydrogen (secondary N) is 2. The molecule has 0 aliphatic carbocycles. The van der Waals surface area contributed by atoms with Crippen molar-refractivity contribution in [3.63, 3.8) is 0 Å². The molecule has 2 unspecified atom stereocenters. The maximum Gasteiger partial charge on any atom is 0.191 e. The zero-order valence-electron chi connectivity index (χ0n) is 16.6. The normalized spacial score (nSPS) is 17.8. The largest absolute Gasteiger partial charge is 0.497 e. The molecule has 26 heavy (non-hydrogen) atoms. The number of hydrogen-bond acceptors (Lipinski definition) is 3. The molecule has 0 amide bonds. The summed E-state index contributed by atoms with van der Waals surface area (Å²) in [5.74, 6) is 1.79. The van der Waals surface area contributed by atoms with Gasteiger partial charge in [-0.05, 0) is 57.0 Å². The highest BCUT2D eigenvalue weighted by atomic mass is 127. The Morgan fingerprint density at radius 3 is 2.38 bits per heavy atom. The Bertz CT molecular complexity index is 529. The Morgan fingerprint density at radius 1 is 1.19 bits per heavy atom. The van der Waals surface area contributed by atoms with Crippen LogP contribution in [-0.4, -0.2) is 50.7 Å². The smallest absolute Gasteiger partial charge is 0.191 e. The first-order valence-electron chi connectivity index (χ1n) is 9.53. The molecule has 148 valence electrons. The Kier molecular flexibility index (Phi) is 11.0. The van der Waals surface area contributed by atoms with Crippen LogP contribution < -0.4 is 15.4 Å². The Balaban J connectivity index is 0.00000338. The second-order valence-corrected chi connectivity index (χ2v) is 6.79. The molecule has 5 nitrogen and oxygen atoms in total. The molecule has 1 aliphatic rings. The molecule has 1 aliphatic heterocycles. The topological polar surface area (TPSA) is 48.9 Å². The molecule has 1 aromatic carbocycles. The summed E-state index contributed by atoms with van der Waals surface area (Å²) in [5.41, 5.74) is 1.33. The minimum absolute atomic E-state index is 0. The van der Waals surface area contributed by atoms with Gasteiger partial charge in [0.25, 0.3) is 0 Å². The standard InChI is InChI=1S/C20H34N4O.HI/c1-5-16(2)23-20(21-3)22-15-19(24-13-7-6-8-14-24)17-9-11-18(25-4)12-10-17;/h9-12,16,19H,5-8,13-15H2,1-4H3,(H2,21,22,23);1H. The van der Waals surface area contributed by atoms with Gasteiger partial charge in [0.2, 0.25) is 0 Å². The zero-order chi connectivity index (χ0) is 18.1. The third-order valence-electron chi connectivity index (χ3n) is 5.01. The van der Waals surface area contributed by atoms with Gasteiger partial charge in [0.05, 0.1) is 13.2 Å². The Morgan fingerprint density at radius 2 is 1.85 bits per heavy atom. The molecule has 0 radical (unpaired) electrons. The van der Waals surface area contributed by atoms with E-state index < -0.39 is 0 Å². The molecule has 1 heterocycles. The molecule has 2 rings (SSSR count). The van der Waals surface area contributed by atoms with Crippen molar-refractivity contribution in [3.8, 4) is 5.75 Å². The predicted octanol–water partition coefficient (Wildman–Crippen LogP) is 3.80. The predicted molar refractivity (Wildman–Crippen MR) is 121 cm³/mol. The molecule has 0 saturated carbocycles. The van der Waals surface area contributed by atoms with Crippen LogP contribution in [0.1, 0.15) is 51.1 Å². The van der Waals surface area contributed by atoms with Crippen molar-refractivity contribution in [2.24, 2.45) is 4.99 Å². The summed E-state index contributed by atoms with van der Waals surface area (Å²) in [6, 6.07) is 9.24. The van der Waals surface area contributed by atoms with Crippen molar-refractivity contribution in [1.29, 1.82) is 0 Å². The van der Waals surface area contributed by atoms with Crippen LogP contribution in [0.15, 0.2) is 29.3 Å². The van der Waals surface area contributed by atoms with E-state index in [0.29, 0.717) is 12.1 Å². The lowest BCUT2D eigenvalue weighted by Gasteiger charge is -2.35. The van der Waals surface area contributed by atoms with Crippen LogP contribution in [0.3, 0.4) is 0 Å². The molecule has 0 aromatic heterocycles. The summed E-state index contributed by atoms with van der Waals surface area (Å²) in [6.07, 6.45) is 4.99. The molecule has 1 aromatic rings. The van der Waals surface area contributed by atoms with E-state index in [0.717, 1.165) is 37.8 Å². The number of benzene rings is 1. The second kappa shape index (κ2) is 12.4. The minimum Gasteiger partial charge on any atom is -0.497 e. The molecule has 0 bridgehead atoms. The molecule has 2 atom stereocenters. The number of aliphatic imine (C=N–C) groups is 1. The van der Waals surface area contributed by atoms with Crippen LogP contribution in [-0.2, 0) is 0 Å². The van der Waals surface area contributed by atoms with Gasteiger partial charge in [-0.25, -0.2) is 0 Å². The van der Waals surface area contributed by atoms with Gasteiger partial charge < -0.3 is 15.4 Å². The SMILES string of the molecule is CCC(C)NC(=NC)NCC(c1ccc(OC)cc1)N1CCCCC1.I. The Labute approximate surface area is 176 Å². The molecular weight excluding hydrogens is 439 g/mol. The van der Waals surface area contributed by atoms with Crippen LogP contribution >= 0.6 is 24.0 Å². The van der Waals surface area contributed by atoms with Gasteiger partial charge in [-0.15, -0.1) is 24.0 Å². The lowest BCUT2D eigenvalue weighted by atomic mass is 10.0. The molecule has 0 spiro atoms. The van der Waals surface area contributed by atoms with E-state index in [1.54, 1.807) is 7.11 Å². The van der Waals surface area contributed by atoms with E-state index in [1.807, 2.05) is 7.05 Å². The fourth-order valence-corrected chi connectivity index (χ4v) is 3.24. The maximum absolute atomic E-state index is 5.31. The highest BCUT2D eigenvalue weighted by Crippen LogP contribution is 2.25. The molecule has 2 N–H and O–H groups in total. The number of hydrogen-bond donors (Lipinski definition) is 2. The van der Waals surface area contributed by atoms with Crippen molar-refractivity contribution in [3.05, 3.63) is 29.8 Å². The number of likely N-dealkylation sites (tertiary alicyclic amines) is 1. The van der Waals surface area contributed by atoms with E-state index in [4.69, 9.17) is 4.74 Å².